The summed E-state index contributed by atoms with van der Waals surface area (Å²) in [5.74, 6) is -1.46. The van der Waals surface area contributed by atoms with Gasteiger partial charge in [0, 0.05) is 7.05 Å². The number of carbonyl (C=O) groups is 3. The van der Waals surface area contributed by atoms with E-state index >= 15 is 0 Å². The van der Waals surface area contributed by atoms with Crippen LogP contribution in [-0.2, 0) is 16.1 Å². The molecule has 1 atom stereocenters. The van der Waals surface area contributed by atoms with Crippen LogP contribution < -0.4 is 5.32 Å². The number of aryl methyl sites for hydroxylation is 1. The molecule has 110 valence electrons. The van der Waals surface area contributed by atoms with Gasteiger partial charge in [-0.2, -0.15) is 0 Å². The van der Waals surface area contributed by atoms with E-state index in [4.69, 9.17) is 14.6 Å². The zero-order chi connectivity index (χ0) is 15.3. The van der Waals surface area contributed by atoms with Crippen LogP contribution in [0.15, 0.2) is 16.5 Å². The molecule has 0 unspecified atom stereocenters. The minimum atomic E-state index is -1.47. The largest absolute Gasteiger partial charge is 0.481 e. The van der Waals surface area contributed by atoms with E-state index in [0.29, 0.717) is 11.5 Å². The summed E-state index contributed by atoms with van der Waals surface area (Å²) in [6.45, 7) is 1.91. The summed E-state index contributed by atoms with van der Waals surface area (Å²) in [6, 6.07) is 1.28. The fourth-order valence-corrected chi connectivity index (χ4v) is 1.51. The first kappa shape index (κ1) is 15.5. The summed E-state index contributed by atoms with van der Waals surface area (Å²) in [6.07, 6.45) is -0.686. The van der Waals surface area contributed by atoms with E-state index in [0.717, 1.165) is 0 Å². The average Bonchev–Trinajstić information content (AvgIpc) is 2.72. The number of hydrogen-bond donors (Lipinski definition) is 3. The van der Waals surface area contributed by atoms with Gasteiger partial charge in [-0.05, 0) is 19.1 Å². The number of urea groups is 1. The van der Waals surface area contributed by atoms with Crippen molar-refractivity contribution in [2.75, 3.05) is 7.05 Å². The highest BCUT2D eigenvalue weighted by Crippen LogP contribution is 2.08. The quantitative estimate of drug-likeness (QED) is 0.705. The SMILES string of the molecule is Cc1ccc(CN(C)C(=O)N[C@H](CC(=O)O)C(=O)O)o1. The lowest BCUT2D eigenvalue weighted by Gasteiger charge is -2.19. The van der Waals surface area contributed by atoms with Crippen LogP contribution in [0.25, 0.3) is 0 Å². The number of carbonyl (C=O) groups excluding carboxylic acids is 1. The van der Waals surface area contributed by atoms with E-state index in [9.17, 15) is 14.4 Å². The Morgan fingerprint density at radius 2 is 2.00 bits per heavy atom. The summed E-state index contributed by atoms with van der Waals surface area (Å²) in [5.41, 5.74) is 0. The van der Waals surface area contributed by atoms with Crippen molar-refractivity contribution in [3.05, 3.63) is 23.7 Å². The second kappa shape index (κ2) is 6.60. The van der Waals surface area contributed by atoms with Crippen molar-refractivity contribution in [3.8, 4) is 0 Å². The minimum absolute atomic E-state index is 0.152. The molecule has 0 radical (unpaired) electrons. The van der Waals surface area contributed by atoms with Gasteiger partial charge < -0.3 is 24.8 Å². The van der Waals surface area contributed by atoms with Crippen LogP contribution in [0.3, 0.4) is 0 Å². The maximum Gasteiger partial charge on any atom is 0.326 e. The topological polar surface area (TPSA) is 120 Å². The number of amides is 2. The Bertz CT molecular complexity index is 510. The zero-order valence-electron chi connectivity index (χ0n) is 11.1. The fourth-order valence-electron chi connectivity index (χ4n) is 1.51. The van der Waals surface area contributed by atoms with Gasteiger partial charge in [0.15, 0.2) is 0 Å². The van der Waals surface area contributed by atoms with Gasteiger partial charge >= 0.3 is 18.0 Å². The Morgan fingerprint density at radius 1 is 1.35 bits per heavy atom. The summed E-state index contributed by atoms with van der Waals surface area (Å²) in [5, 5.41) is 19.5. The Labute approximate surface area is 115 Å². The van der Waals surface area contributed by atoms with Crippen molar-refractivity contribution in [2.45, 2.75) is 25.9 Å². The van der Waals surface area contributed by atoms with Crippen LogP contribution >= 0.6 is 0 Å². The van der Waals surface area contributed by atoms with E-state index in [1.54, 1.807) is 19.1 Å². The lowest BCUT2D eigenvalue weighted by Crippen LogP contribution is -2.47. The first-order chi connectivity index (χ1) is 9.29. The van der Waals surface area contributed by atoms with E-state index < -0.39 is 30.4 Å². The normalized spacial score (nSPS) is 11.7. The third-order valence-corrected chi connectivity index (χ3v) is 2.51. The standard InChI is InChI=1S/C12H16N2O6/c1-7-3-4-8(20-7)6-14(2)12(19)13-9(11(17)18)5-10(15)16/h3-4,9H,5-6H2,1-2H3,(H,13,19)(H,15,16)(H,17,18)/t9-/m1/s1. The molecule has 0 saturated carbocycles. The van der Waals surface area contributed by atoms with Gasteiger partial charge in [0.25, 0.3) is 0 Å². The van der Waals surface area contributed by atoms with Crippen LogP contribution in [0.4, 0.5) is 4.79 Å². The monoisotopic (exact) mass is 284 g/mol. The van der Waals surface area contributed by atoms with E-state index in [-0.39, 0.29) is 6.54 Å². The van der Waals surface area contributed by atoms with Gasteiger partial charge in [-0.15, -0.1) is 0 Å². The predicted molar refractivity (Wildman–Crippen MR) is 67.1 cm³/mol. The maximum atomic E-state index is 11.8. The lowest BCUT2D eigenvalue weighted by atomic mass is 10.2. The van der Waals surface area contributed by atoms with Crippen molar-refractivity contribution >= 4 is 18.0 Å². The molecule has 8 nitrogen and oxygen atoms in total. The van der Waals surface area contributed by atoms with Gasteiger partial charge in [-0.25, -0.2) is 9.59 Å². The number of nitrogens with zero attached hydrogens (tertiary/aromatic N) is 1. The molecule has 3 N–H and O–H groups in total. The molecule has 1 aromatic heterocycles. The molecule has 8 heteroatoms. The summed E-state index contributed by atoms with van der Waals surface area (Å²) >= 11 is 0. The molecule has 1 heterocycles. The summed E-state index contributed by atoms with van der Waals surface area (Å²) < 4.78 is 5.29. The lowest BCUT2D eigenvalue weighted by molar-refractivity contribution is -0.145. The first-order valence-corrected chi connectivity index (χ1v) is 5.81. The molecule has 20 heavy (non-hydrogen) atoms. The minimum Gasteiger partial charge on any atom is -0.481 e. The molecule has 2 amide bonds. The van der Waals surface area contributed by atoms with Crippen molar-refractivity contribution < 1.29 is 29.0 Å². The summed E-state index contributed by atoms with van der Waals surface area (Å²) in [7, 11) is 1.45. The summed E-state index contributed by atoms with van der Waals surface area (Å²) in [4.78, 5) is 34.3. The number of carboxylic acid groups (broad SMARTS) is 2. The van der Waals surface area contributed by atoms with Gasteiger partial charge in [-0.3, -0.25) is 4.79 Å². The number of rotatable bonds is 6. The van der Waals surface area contributed by atoms with Crippen molar-refractivity contribution in [1.82, 2.24) is 10.2 Å². The molecule has 0 aromatic carbocycles. The van der Waals surface area contributed by atoms with Gasteiger partial charge in [-0.1, -0.05) is 0 Å². The second-order valence-electron chi connectivity index (χ2n) is 4.31. The molecule has 0 aliphatic carbocycles. The number of hydrogen-bond acceptors (Lipinski definition) is 4. The molecule has 0 fully saturated rings. The third-order valence-electron chi connectivity index (χ3n) is 2.51. The van der Waals surface area contributed by atoms with Gasteiger partial charge in [0.05, 0.1) is 13.0 Å². The molecule has 0 spiro atoms. The molecule has 1 aromatic rings. The smallest absolute Gasteiger partial charge is 0.326 e. The predicted octanol–water partition coefficient (Wildman–Crippen LogP) is 0.657. The third kappa shape index (κ3) is 4.63. The molecule has 0 aliphatic rings. The Hall–Kier alpha value is -2.51. The Morgan fingerprint density at radius 3 is 2.45 bits per heavy atom. The van der Waals surface area contributed by atoms with Gasteiger partial charge in [0.2, 0.25) is 0 Å². The number of furan rings is 1. The zero-order valence-corrected chi connectivity index (χ0v) is 11.1. The van der Waals surface area contributed by atoms with E-state index in [1.165, 1.54) is 11.9 Å². The van der Waals surface area contributed by atoms with Crippen LogP contribution in [0.2, 0.25) is 0 Å². The molecule has 1 rings (SSSR count). The van der Waals surface area contributed by atoms with Crippen molar-refractivity contribution in [1.29, 1.82) is 0 Å². The highest BCUT2D eigenvalue weighted by molar-refractivity contribution is 5.86. The highest BCUT2D eigenvalue weighted by atomic mass is 16.4. The van der Waals surface area contributed by atoms with Crippen LogP contribution in [-0.4, -0.2) is 46.2 Å². The van der Waals surface area contributed by atoms with Crippen LogP contribution in [0.5, 0.6) is 0 Å². The molecular formula is C12H16N2O6. The molecule has 0 saturated heterocycles. The van der Waals surface area contributed by atoms with Gasteiger partial charge in [0.1, 0.15) is 17.6 Å². The maximum absolute atomic E-state index is 11.8. The molecule has 0 bridgehead atoms. The Kier molecular flexibility index (Phi) is 5.13. The van der Waals surface area contributed by atoms with E-state index in [2.05, 4.69) is 5.32 Å². The fraction of sp³-hybridized carbons (Fsp3) is 0.417. The van der Waals surface area contributed by atoms with Crippen LogP contribution in [0.1, 0.15) is 17.9 Å². The average molecular weight is 284 g/mol. The first-order valence-electron chi connectivity index (χ1n) is 5.81. The molecular weight excluding hydrogens is 268 g/mol. The number of carboxylic acids is 2. The van der Waals surface area contributed by atoms with Crippen molar-refractivity contribution in [2.24, 2.45) is 0 Å². The van der Waals surface area contributed by atoms with Crippen LogP contribution in [0, 0.1) is 6.92 Å². The number of nitrogens with one attached hydrogen (secondary N) is 1. The second-order valence-corrected chi connectivity index (χ2v) is 4.31. The Balaban J connectivity index is 2.59. The highest BCUT2D eigenvalue weighted by Gasteiger charge is 2.24. The van der Waals surface area contributed by atoms with Crippen molar-refractivity contribution in [3.63, 3.8) is 0 Å². The number of aliphatic carboxylic acids is 2. The van der Waals surface area contributed by atoms with E-state index in [1.807, 2.05) is 0 Å². The molecule has 0 aliphatic heterocycles.